The summed E-state index contributed by atoms with van der Waals surface area (Å²) in [6.07, 6.45) is -3.12. The Morgan fingerprint density at radius 1 is 0.957 bits per heavy atom. The van der Waals surface area contributed by atoms with E-state index < -0.39 is 11.7 Å². The van der Waals surface area contributed by atoms with Crippen molar-refractivity contribution in [1.82, 2.24) is 0 Å². The maximum Gasteiger partial charge on any atom is 0.416 e. The average Bonchev–Trinajstić information content (AvgIpc) is 2.56. The Hall–Kier alpha value is -3.25. The van der Waals surface area contributed by atoms with Crippen molar-refractivity contribution in [2.45, 2.75) is 6.18 Å². The van der Waals surface area contributed by atoms with Gasteiger partial charge in [0.1, 0.15) is 17.7 Å². The molecule has 0 bridgehead atoms. The maximum atomic E-state index is 12.7. The third kappa shape index (κ3) is 4.12. The minimum atomic E-state index is -4.38. The van der Waals surface area contributed by atoms with Crippen molar-refractivity contribution >= 4 is 5.69 Å². The number of alkyl halides is 3. The third-order valence-corrected chi connectivity index (χ3v) is 3.03. The summed E-state index contributed by atoms with van der Waals surface area (Å²) in [6.45, 7) is 0. The van der Waals surface area contributed by atoms with Gasteiger partial charge in [0.05, 0.1) is 5.56 Å². The zero-order valence-electron chi connectivity index (χ0n) is 11.7. The van der Waals surface area contributed by atoms with E-state index in [2.05, 4.69) is 5.32 Å². The number of hydrogen-bond donors (Lipinski definition) is 1. The quantitative estimate of drug-likeness (QED) is 0.834. The van der Waals surface area contributed by atoms with E-state index in [9.17, 15) is 13.2 Å². The molecule has 3 nitrogen and oxygen atoms in total. The summed E-state index contributed by atoms with van der Waals surface area (Å²) in [6, 6.07) is 15.1. The van der Waals surface area contributed by atoms with E-state index in [0.29, 0.717) is 16.8 Å². The van der Waals surface area contributed by atoms with E-state index in [1.165, 1.54) is 12.3 Å². The molecule has 2 aromatic carbocycles. The molecular weight excluding hydrogens is 303 g/mol. The van der Waals surface area contributed by atoms with Crippen LogP contribution in [0, 0.1) is 22.7 Å². The van der Waals surface area contributed by atoms with Gasteiger partial charge in [0, 0.05) is 11.9 Å². The van der Waals surface area contributed by atoms with Crippen LogP contribution in [-0.4, -0.2) is 0 Å². The number of rotatable bonds is 3. The lowest BCUT2D eigenvalue weighted by atomic mass is 10.0. The van der Waals surface area contributed by atoms with Gasteiger partial charge in [-0.2, -0.15) is 23.7 Å². The van der Waals surface area contributed by atoms with E-state index in [0.717, 1.165) is 12.1 Å². The molecule has 0 saturated heterocycles. The number of halogens is 3. The minimum absolute atomic E-state index is 0.0769. The Balaban J connectivity index is 2.22. The molecular formula is C17H10F3N3. The molecule has 0 amide bonds. The predicted octanol–water partition coefficient (Wildman–Crippen LogP) is 4.72. The first kappa shape index (κ1) is 16.1. The molecule has 0 radical (unpaired) electrons. The average molecular weight is 313 g/mol. The smallest absolute Gasteiger partial charge is 0.360 e. The van der Waals surface area contributed by atoms with E-state index in [-0.39, 0.29) is 5.57 Å². The lowest BCUT2D eigenvalue weighted by molar-refractivity contribution is -0.137. The standard InChI is InChI=1S/C17H10F3N3/c18-17(19,20)15-3-1-2-14(8-15)13-4-6-16(7-5-13)23-11-12(9-21)10-22/h1-8,11,23H. The van der Waals surface area contributed by atoms with Crippen LogP contribution in [0.15, 0.2) is 60.3 Å². The van der Waals surface area contributed by atoms with Crippen LogP contribution >= 0.6 is 0 Å². The van der Waals surface area contributed by atoms with Gasteiger partial charge >= 0.3 is 6.18 Å². The minimum Gasteiger partial charge on any atom is -0.360 e. The molecule has 0 unspecified atom stereocenters. The number of anilines is 1. The first-order valence-electron chi connectivity index (χ1n) is 6.48. The van der Waals surface area contributed by atoms with E-state index in [1.54, 1.807) is 42.5 Å². The molecule has 2 rings (SSSR count). The molecule has 0 fully saturated rings. The zero-order valence-corrected chi connectivity index (χ0v) is 11.7. The van der Waals surface area contributed by atoms with Gasteiger partial charge in [0.2, 0.25) is 0 Å². The fourth-order valence-corrected chi connectivity index (χ4v) is 1.88. The Morgan fingerprint density at radius 2 is 1.61 bits per heavy atom. The van der Waals surface area contributed by atoms with Crippen LogP contribution in [0.1, 0.15) is 5.56 Å². The summed E-state index contributed by atoms with van der Waals surface area (Å²) in [5.74, 6) is 0. The Labute approximate surface area is 130 Å². The lowest BCUT2D eigenvalue weighted by Crippen LogP contribution is -2.04. The van der Waals surface area contributed by atoms with E-state index in [1.807, 2.05) is 0 Å². The number of nitrogens with one attached hydrogen (secondary N) is 1. The number of hydrogen-bond acceptors (Lipinski definition) is 3. The van der Waals surface area contributed by atoms with Gasteiger partial charge in [-0.3, -0.25) is 0 Å². The van der Waals surface area contributed by atoms with Gasteiger partial charge in [-0.1, -0.05) is 24.3 Å². The second kappa shape index (κ2) is 6.67. The van der Waals surface area contributed by atoms with Crippen LogP contribution in [0.4, 0.5) is 18.9 Å². The van der Waals surface area contributed by atoms with Crippen molar-refractivity contribution in [3.05, 3.63) is 65.9 Å². The molecule has 1 N–H and O–H groups in total. The highest BCUT2D eigenvalue weighted by molar-refractivity contribution is 5.67. The second-order valence-corrected chi connectivity index (χ2v) is 4.58. The number of allylic oxidation sites excluding steroid dienone is 1. The molecule has 0 heterocycles. The molecule has 0 aliphatic heterocycles. The zero-order chi connectivity index (χ0) is 16.9. The normalized spacial score (nSPS) is 10.3. The topological polar surface area (TPSA) is 59.6 Å². The van der Waals surface area contributed by atoms with Gasteiger partial charge < -0.3 is 5.32 Å². The van der Waals surface area contributed by atoms with Crippen molar-refractivity contribution < 1.29 is 13.2 Å². The van der Waals surface area contributed by atoms with Gasteiger partial charge in [-0.25, -0.2) is 0 Å². The SMILES string of the molecule is N#CC(C#N)=CNc1ccc(-c2cccc(C(F)(F)F)c2)cc1. The molecule has 23 heavy (non-hydrogen) atoms. The molecule has 0 aliphatic carbocycles. The van der Waals surface area contributed by atoms with Crippen LogP contribution in [0.2, 0.25) is 0 Å². The highest BCUT2D eigenvalue weighted by atomic mass is 19.4. The van der Waals surface area contributed by atoms with Crippen molar-refractivity contribution in [2.75, 3.05) is 5.32 Å². The summed E-state index contributed by atoms with van der Waals surface area (Å²) >= 11 is 0. The summed E-state index contributed by atoms with van der Waals surface area (Å²) in [7, 11) is 0. The fraction of sp³-hybridized carbons (Fsp3) is 0.0588. The molecule has 114 valence electrons. The predicted molar refractivity (Wildman–Crippen MR) is 79.8 cm³/mol. The third-order valence-electron chi connectivity index (χ3n) is 3.03. The number of benzene rings is 2. The first-order valence-corrected chi connectivity index (χ1v) is 6.48. The van der Waals surface area contributed by atoms with Crippen LogP contribution in [0.3, 0.4) is 0 Å². The van der Waals surface area contributed by atoms with E-state index in [4.69, 9.17) is 10.5 Å². The second-order valence-electron chi connectivity index (χ2n) is 4.58. The summed E-state index contributed by atoms with van der Waals surface area (Å²) < 4.78 is 38.2. The molecule has 0 atom stereocenters. The van der Waals surface area contributed by atoms with Crippen LogP contribution < -0.4 is 5.32 Å². The molecule has 6 heteroatoms. The Kier molecular flexibility index (Phi) is 4.68. The first-order chi connectivity index (χ1) is 10.9. The monoisotopic (exact) mass is 313 g/mol. The summed E-state index contributed by atoms with van der Waals surface area (Å²) in [5, 5.41) is 20.0. The van der Waals surface area contributed by atoms with Crippen molar-refractivity contribution in [1.29, 1.82) is 10.5 Å². The van der Waals surface area contributed by atoms with Gasteiger partial charge in [-0.05, 0) is 35.4 Å². The molecule has 0 aliphatic rings. The highest BCUT2D eigenvalue weighted by Gasteiger charge is 2.30. The summed E-state index contributed by atoms with van der Waals surface area (Å²) in [4.78, 5) is 0. The summed E-state index contributed by atoms with van der Waals surface area (Å²) in [5.41, 5.74) is 0.923. The Morgan fingerprint density at radius 3 is 2.17 bits per heavy atom. The largest absolute Gasteiger partial charge is 0.416 e. The van der Waals surface area contributed by atoms with Gasteiger partial charge in [-0.15, -0.1) is 0 Å². The van der Waals surface area contributed by atoms with Crippen LogP contribution in [0.25, 0.3) is 11.1 Å². The van der Waals surface area contributed by atoms with Gasteiger partial charge in [0.15, 0.2) is 0 Å². The maximum absolute atomic E-state index is 12.7. The van der Waals surface area contributed by atoms with Crippen molar-refractivity contribution in [3.8, 4) is 23.3 Å². The van der Waals surface area contributed by atoms with E-state index >= 15 is 0 Å². The molecule has 0 aromatic heterocycles. The molecule has 0 spiro atoms. The van der Waals surface area contributed by atoms with Gasteiger partial charge in [0.25, 0.3) is 0 Å². The fourth-order valence-electron chi connectivity index (χ4n) is 1.88. The lowest BCUT2D eigenvalue weighted by Gasteiger charge is -2.09. The number of nitrogens with zero attached hydrogens (tertiary/aromatic N) is 2. The molecule has 2 aromatic rings. The number of nitriles is 2. The van der Waals surface area contributed by atoms with Crippen molar-refractivity contribution in [3.63, 3.8) is 0 Å². The van der Waals surface area contributed by atoms with Crippen LogP contribution in [0.5, 0.6) is 0 Å². The highest BCUT2D eigenvalue weighted by Crippen LogP contribution is 2.32. The van der Waals surface area contributed by atoms with Crippen LogP contribution in [-0.2, 0) is 6.18 Å². The van der Waals surface area contributed by atoms with Crippen molar-refractivity contribution in [2.24, 2.45) is 0 Å². The Bertz CT molecular complexity index is 791. The molecule has 0 saturated carbocycles.